The standard InChI is InChI=1S/C21H25N7O3/c1-30-17-9-7-16(8-10-17)28-20(23-24-25-28)15-26-11-13-27(14-12-26)21(29)22-18-5-3-4-6-19(18)31-2/h3-10H,11-15H2,1-2H3,(H,22,29). The summed E-state index contributed by atoms with van der Waals surface area (Å²) >= 11 is 0. The molecule has 1 N–H and O–H groups in total. The van der Waals surface area contributed by atoms with Crippen molar-refractivity contribution in [2.45, 2.75) is 6.54 Å². The van der Waals surface area contributed by atoms with Crippen LogP contribution in [0.4, 0.5) is 10.5 Å². The molecule has 4 rings (SSSR count). The van der Waals surface area contributed by atoms with Crippen molar-refractivity contribution in [3.63, 3.8) is 0 Å². The first-order chi connectivity index (χ1) is 15.2. The molecule has 0 spiro atoms. The number of nitrogens with zero attached hydrogens (tertiary/aromatic N) is 6. The van der Waals surface area contributed by atoms with Crippen molar-refractivity contribution >= 4 is 11.7 Å². The third-order valence-corrected chi connectivity index (χ3v) is 5.22. The fourth-order valence-electron chi connectivity index (χ4n) is 3.48. The molecule has 2 heterocycles. The van der Waals surface area contributed by atoms with Gasteiger partial charge in [0.2, 0.25) is 0 Å². The minimum Gasteiger partial charge on any atom is -0.497 e. The van der Waals surface area contributed by atoms with E-state index in [2.05, 4.69) is 25.7 Å². The highest BCUT2D eigenvalue weighted by Gasteiger charge is 2.23. The second-order valence-corrected chi connectivity index (χ2v) is 7.10. The van der Waals surface area contributed by atoms with Crippen LogP contribution in [-0.4, -0.2) is 76.4 Å². The summed E-state index contributed by atoms with van der Waals surface area (Å²) < 4.78 is 12.2. The largest absolute Gasteiger partial charge is 0.497 e. The Morgan fingerprint density at radius 3 is 2.45 bits per heavy atom. The third-order valence-electron chi connectivity index (χ3n) is 5.22. The molecule has 31 heavy (non-hydrogen) atoms. The van der Waals surface area contributed by atoms with Gasteiger partial charge in [-0.1, -0.05) is 12.1 Å². The molecule has 162 valence electrons. The number of amides is 2. The number of para-hydroxylation sites is 2. The normalized spacial score (nSPS) is 14.3. The van der Waals surface area contributed by atoms with Crippen molar-refractivity contribution in [1.82, 2.24) is 30.0 Å². The van der Waals surface area contributed by atoms with Crippen LogP contribution in [-0.2, 0) is 6.54 Å². The SMILES string of the molecule is COc1ccc(-n2nnnc2CN2CCN(C(=O)Nc3ccccc3OC)CC2)cc1. The summed E-state index contributed by atoms with van der Waals surface area (Å²) in [7, 11) is 3.22. The molecule has 0 bridgehead atoms. The van der Waals surface area contributed by atoms with Gasteiger partial charge >= 0.3 is 6.03 Å². The van der Waals surface area contributed by atoms with Crippen LogP contribution in [0.2, 0.25) is 0 Å². The molecule has 1 aromatic heterocycles. The van der Waals surface area contributed by atoms with Crippen LogP contribution < -0.4 is 14.8 Å². The van der Waals surface area contributed by atoms with Gasteiger partial charge in [0, 0.05) is 26.2 Å². The summed E-state index contributed by atoms with van der Waals surface area (Å²) in [4.78, 5) is 16.7. The lowest BCUT2D eigenvalue weighted by Crippen LogP contribution is -2.49. The number of carbonyl (C=O) groups excluding carboxylic acids is 1. The van der Waals surface area contributed by atoms with Crippen molar-refractivity contribution < 1.29 is 14.3 Å². The number of tetrazole rings is 1. The number of carbonyl (C=O) groups is 1. The van der Waals surface area contributed by atoms with Gasteiger partial charge in [0.25, 0.3) is 0 Å². The Hall–Kier alpha value is -3.66. The van der Waals surface area contributed by atoms with Gasteiger partial charge in [-0.25, -0.2) is 4.79 Å². The maximum atomic E-state index is 12.6. The number of benzene rings is 2. The van der Waals surface area contributed by atoms with E-state index in [1.165, 1.54) is 0 Å². The number of urea groups is 1. The minimum absolute atomic E-state index is 0.132. The maximum Gasteiger partial charge on any atom is 0.322 e. The number of hydrogen-bond donors (Lipinski definition) is 1. The highest BCUT2D eigenvalue weighted by molar-refractivity contribution is 5.91. The van der Waals surface area contributed by atoms with E-state index in [1.807, 2.05) is 48.5 Å². The molecular formula is C21H25N7O3. The molecule has 2 aromatic carbocycles. The molecule has 0 radical (unpaired) electrons. The summed E-state index contributed by atoms with van der Waals surface area (Å²) in [5, 5.41) is 15.1. The highest BCUT2D eigenvalue weighted by atomic mass is 16.5. The van der Waals surface area contributed by atoms with Crippen molar-refractivity contribution in [3.8, 4) is 17.2 Å². The van der Waals surface area contributed by atoms with Gasteiger partial charge in [0.1, 0.15) is 11.5 Å². The van der Waals surface area contributed by atoms with E-state index in [4.69, 9.17) is 9.47 Å². The van der Waals surface area contributed by atoms with Crippen LogP contribution in [0.1, 0.15) is 5.82 Å². The Labute approximate surface area is 180 Å². The molecule has 1 aliphatic heterocycles. The molecule has 1 fully saturated rings. The van der Waals surface area contributed by atoms with Crippen LogP contribution in [0.15, 0.2) is 48.5 Å². The van der Waals surface area contributed by atoms with Gasteiger partial charge in [-0.3, -0.25) is 4.90 Å². The summed E-state index contributed by atoms with van der Waals surface area (Å²) in [6.45, 7) is 3.29. The van der Waals surface area contributed by atoms with E-state index >= 15 is 0 Å². The second-order valence-electron chi connectivity index (χ2n) is 7.10. The Morgan fingerprint density at radius 1 is 1.00 bits per heavy atom. The third kappa shape index (κ3) is 4.75. The number of aromatic nitrogens is 4. The van der Waals surface area contributed by atoms with E-state index in [0.29, 0.717) is 31.1 Å². The first-order valence-electron chi connectivity index (χ1n) is 10.0. The molecule has 0 saturated carbocycles. The first-order valence-corrected chi connectivity index (χ1v) is 10.0. The van der Waals surface area contributed by atoms with E-state index in [1.54, 1.807) is 23.8 Å². The van der Waals surface area contributed by atoms with E-state index in [-0.39, 0.29) is 6.03 Å². The van der Waals surface area contributed by atoms with Gasteiger partial charge in [0.05, 0.1) is 32.1 Å². The van der Waals surface area contributed by atoms with Crippen LogP contribution in [0.5, 0.6) is 11.5 Å². The van der Waals surface area contributed by atoms with Gasteiger partial charge in [0.15, 0.2) is 5.82 Å². The molecule has 0 atom stereocenters. The fraction of sp³-hybridized carbons (Fsp3) is 0.333. The van der Waals surface area contributed by atoms with E-state index < -0.39 is 0 Å². The van der Waals surface area contributed by atoms with Gasteiger partial charge < -0.3 is 19.7 Å². The number of ether oxygens (including phenoxy) is 2. The topological polar surface area (TPSA) is 97.6 Å². The molecular weight excluding hydrogens is 398 g/mol. The number of anilines is 1. The maximum absolute atomic E-state index is 12.6. The van der Waals surface area contributed by atoms with Crippen LogP contribution >= 0.6 is 0 Å². The quantitative estimate of drug-likeness (QED) is 0.648. The number of hydrogen-bond acceptors (Lipinski definition) is 7. The van der Waals surface area contributed by atoms with Crippen molar-refractivity contribution in [3.05, 3.63) is 54.4 Å². The monoisotopic (exact) mass is 423 g/mol. The molecule has 0 aliphatic carbocycles. The molecule has 0 unspecified atom stereocenters. The summed E-state index contributed by atoms with van der Waals surface area (Å²) in [5.41, 5.74) is 1.53. The molecule has 1 saturated heterocycles. The number of piperazine rings is 1. The summed E-state index contributed by atoms with van der Waals surface area (Å²) in [6, 6.07) is 14.8. The lowest BCUT2D eigenvalue weighted by atomic mass is 10.3. The Bertz CT molecular complexity index is 1010. The fourth-order valence-corrected chi connectivity index (χ4v) is 3.48. The molecule has 2 amide bonds. The van der Waals surface area contributed by atoms with Crippen LogP contribution in [0.3, 0.4) is 0 Å². The number of rotatable bonds is 6. The van der Waals surface area contributed by atoms with Crippen molar-refractivity contribution in [1.29, 1.82) is 0 Å². The predicted molar refractivity (Wildman–Crippen MR) is 115 cm³/mol. The first kappa shape index (κ1) is 20.6. The zero-order chi connectivity index (χ0) is 21.6. The predicted octanol–water partition coefficient (Wildman–Crippen LogP) is 2.03. The van der Waals surface area contributed by atoms with Crippen molar-refractivity contribution in [2.24, 2.45) is 0 Å². The molecule has 3 aromatic rings. The van der Waals surface area contributed by atoms with Crippen molar-refractivity contribution in [2.75, 3.05) is 45.7 Å². The lowest BCUT2D eigenvalue weighted by molar-refractivity contribution is 0.140. The Kier molecular flexibility index (Phi) is 6.27. The Morgan fingerprint density at radius 2 is 1.74 bits per heavy atom. The van der Waals surface area contributed by atoms with E-state index in [9.17, 15) is 4.79 Å². The average molecular weight is 423 g/mol. The average Bonchev–Trinajstić information content (AvgIpc) is 3.28. The summed E-state index contributed by atoms with van der Waals surface area (Å²) in [5.74, 6) is 2.16. The smallest absolute Gasteiger partial charge is 0.322 e. The van der Waals surface area contributed by atoms with Crippen LogP contribution in [0, 0.1) is 0 Å². The molecule has 1 aliphatic rings. The molecule has 10 heteroatoms. The minimum atomic E-state index is -0.132. The van der Waals surface area contributed by atoms with E-state index in [0.717, 1.165) is 30.4 Å². The zero-order valence-corrected chi connectivity index (χ0v) is 17.6. The second kappa shape index (κ2) is 9.43. The lowest BCUT2D eigenvalue weighted by Gasteiger charge is -2.34. The Balaban J connectivity index is 1.34. The van der Waals surface area contributed by atoms with Gasteiger partial charge in [-0.05, 0) is 46.8 Å². The highest BCUT2D eigenvalue weighted by Crippen LogP contribution is 2.23. The van der Waals surface area contributed by atoms with Gasteiger partial charge in [-0.15, -0.1) is 5.10 Å². The summed E-state index contributed by atoms with van der Waals surface area (Å²) in [6.07, 6.45) is 0. The number of nitrogens with one attached hydrogen (secondary N) is 1. The van der Waals surface area contributed by atoms with Crippen LogP contribution in [0.25, 0.3) is 5.69 Å². The zero-order valence-electron chi connectivity index (χ0n) is 17.6. The number of methoxy groups -OCH3 is 2. The van der Waals surface area contributed by atoms with Gasteiger partial charge in [-0.2, -0.15) is 4.68 Å². The molecule has 10 nitrogen and oxygen atoms in total.